The maximum atomic E-state index is 13.0. The molecule has 3 rings (SSSR count). The molecule has 0 spiro atoms. The van der Waals surface area contributed by atoms with E-state index in [1.54, 1.807) is 29.8 Å². The quantitative estimate of drug-likeness (QED) is 0.567. The van der Waals surface area contributed by atoms with Gasteiger partial charge in [0.25, 0.3) is 5.91 Å². The van der Waals surface area contributed by atoms with Crippen LogP contribution in [0.3, 0.4) is 0 Å². The van der Waals surface area contributed by atoms with Gasteiger partial charge in [-0.3, -0.25) is 4.79 Å². The third kappa shape index (κ3) is 4.90. The van der Waals surface area contributed by atoms with Crippen LogP contribution < -0.4 is 14.8 Å². The van der Waals surface area contributed by atoms with E-state index in [2.05, 4.69) is 10.4 Å². The lowest BCUT2D eigenvalue weighted by Gasteiger charge is -2.13. The monoisotopic (exact) mass is 413 g/mol. The lowest BCUT2D eigenvalue weighted by atomic mass is 10.2. The van der Waals surface area contributed by atoms with E-state index >= 15 is 0 Å². The fourth-order valence-electron chi connectivity index (χ4n) is 3.00. The Bertz CT molecular complexity index is 986. The molecular weight excluding hydrogens is 390 g/mol. The van der Waals surface area contributed by atoms with Crippen molar-refractivity contribution in [1.29, 1.82) is 0 Å². The van der Waals surface area contributed by atoms with E-state index in [4.69, 9.17) is 21.1 Å². The molecule has 2 aromatic carbocycles. The zero-order chi connectivity index (χ0) is 20.8. The fraction of sp³-hybridized carbons (Fsp3) is 0.273. The molecule has 7 heteroatoms. The van der Waals surface area contributed by atoms with Crippen molar-refractivity contribution in [3.63, 3.8) is 0 Å². The number of ether oxygens (including phenoxy) is 2. The Morgan fingerprint density at radius 1 is 1.10 bits per heavy atom. The van der Waals surface area contributed by atoms with Gasteiger partial charge in [0.2, 0.25) is 0 Å². The van der Waals surface area contributed by atoms with Gasteiger partial charge in [0.15, 0.2) is 0 Å². The van der Waals surface area contributed by atoms with Crippen LogP contribution in [-0.2, 0) is 6.54 Å². The average Bonchev–Trinajstić information content (AvgIpc) is 2.98. The number of carbonyl (C=O) groups excluding carboxylic acids is 1. The molecule has 0 aliphatic heterocycles. The number of amides is 1. The van der Waals surface area contributed by atoms with Crippen LogP contribution in [0.1, 0.15) is 35.5 Å². The largest absolute Gasteiger partial charge is 0.494 e. The van der Waals surface area contributed by atoms with Crippen LogP contribution in [-0.4, -0.2) is 28.9 Å². The minimum absolute atomic E-state index is 0.294. The highest BCUT2D eigenvalue weighted by Gasteiger charge is 2.22. The van der Waals surface area contributed by atoms with Crippen molar-refractivity contribution >= 4 is 23.2 Å². The van der Waals surface area contributed by atoms with E-state index in [1.807, 2.05) is 44.2 Å². The number of nitrogens with zero attached hydrogens (tertiary/aromatic N) is 2. The Balaban J connectivity index is 1.87. The summed E-state index contributed by atoms with van der Waals surface area (Å²) in [5.74, 6) is 0.866. The van der Waals surface area contributed by atoms with Gasteiger partial charge in [0, 0.05) is 6.07 Å². The normalized spacial score (nSPS) is 10.6. The SMILES string of the molecule is CCOc1ccc(OCC)c(NC(=O)c2c(C)nn(Cc3ccccc3)c2Cl)c1. The van der Waals surface area contributed by atoms with Crippen LogP contribution in [0.25, 0.3) is 0 Å². The number of halogens is 1. The van der Waals surface area contributed by atoms with E-state index in [-0.39, 0.29) is 5.91 Å². The van der Waals surface area contributed by atoms with Crippen LogP contribution in [0.15, 0.2) is 48.5 Å². The zero-order valence-electron chi connectivity index (χ0n) is 16.7. The molecule has 152 valence electrons. The first-order valence-electron chi connectivity index (χ1n) is 9.51. The number of hydrogen-bond acceptors (Lipinski definition) is 4. The summed E-state index contributed by atoms with van der Waals surface area (Å²) in [6, 6.07) is 15.1. The van der Waals surface area contributed by atoms with Crippen molar-refractivity contribution in [3.8, 4) is 11.5 Å². The third-order valence-electron chi connectivity index (χ3n) is 4.28. The smallest absolute Gasteiger partial charge is 0.260 e. The molecule has 0 bridgehead atoms. The molecule has 0 saturated carbocycles. The van der Waals surface area contributed by atoms with Crippen LogP contribution in [0, 0.1) is 6.92 Å². The predicted molar refractivity (Wildman–Crippen MR) is 114 cm³/mol. The molecule has 0 saturated heterocycles. The van der Waals surface area contributed by atoms with Gasteiger partial charge in [0.1, 0.15) is 16.7 Å². The van der Waals surface area contributed by atoms with E-state index in [9.17, 15) is 4.79 Å². The topological polar surface area (TPSA) is 65.4 Å². The minimum atomic E-state index is -0.346. The Morgan fingerprint density at radius 2 is 1.83 bits per heavy atom. The molecule has 0 aliphatic rings. The van der Waals surface area contributed by atoms with Crippen molar-refractivity contribution in [3.05, 3.63) is 70.5 Å². The predicted octanol–water partition coefficient (Wildman–Crippen LogP) is 4.94. The first-order valence-corrected chi connectivity index (χ1v) is 9.89. The van der Waals surface area contributed by atoms with Crippen LogP contribution >= 0.6 is 11.6 Å². The molecule has 29 heavy (non-hydrogen) atoms. The van der Waals surface area contributed by atoms with Gasteiger partial charge in [-0.1, -0.05) is 41.9 Å². The highest BCUT2D eigenvalue weighted by Crippen LogP contribution is 2.31. The Labute approximate surface area is 175 Å². The van der Waals surface area contributed by atoms with Crippen molar-refractivity contribution in [2.24, 2.45) is 0 Å². The second-order valence-electron chi connectivity index (χ2n) is 6.37. The molecule has 0 atom stereocenters. The van der Waals surface area contributed by atoms with Crippen LogP contribution in [0.4, 0.5) is 5.69 Å². The number of aromatic nitrogens is 2. The summed E-state index contributed by atoms with van der Waals surface area (Å²) in [7, 11) is 0. The number of hydrogen-bond donors (Lipinski definition) is 1. The number of aryl methyl sites for hydroxylation is 1. The van der Waals surface area contributed by atoms with Gasteiger partial charge >= 0.3 is 0 Å². The molecule has 3 aromatic rings. The number of nitrogens with one attached hydrogen (secondary N) is 1. The van der Waals surface area contributed by atoms with Crippen molar-refractivity contribution in [2.45, 2.75) is 27.3 Å². The summed E-state index contributed by atoms with van der Waals surface area (Å²) in [5.41, 5.74) is 2.47. The molecule has 1 amide bonds. The number of anilines is 1. The highest BCUT2D eigenvalue weighted by molar-refractivity contribution is 6.33. The van der Waals surface area contributed by atoms with Gasteiger partial charge in [-0.15, -0.1) is 0 Å². The first kappa shape index (κ1) is 20.7. The van der Waals surface area contributed by atoms with Crippen molar-refractivity contribution in [2.75, 3.05) is 18.5 Å². The van der Waals surface area contributed by atoms with Gasteiger partial charge in [-0.25, -0.2) is 4.68 Å². The summed E-state index contributed by atoms with van der Waals surface area (Å²) in [6.45, 7) is 7.04. The average molecular weight is 414 g/mol. The second kappa shape index (κ2) is 9.47. The number of carbonyl (C=O) groups is 1. The summed E-state index contributed by atoms with van der Waals surface area (Å²) < 4.78 is 12.8. The molecular formula is C22H24ClN3O3. The van der Waals surface area contributed by atoms with Gasteiger partial charge in [-0.05, 0) is 38.5 Å². The molecule has 0 radical (unpaired) electrons. The lowest BCUT2D eigenvalue weighted by molar-refractivity contribution is 0.102. The molecule has 1 heterocycles. The molecule has 0 aliphatic carbocycles. The van der Waals surface area contributed by atoms with Crippen molar-refractivity contribution in [1.82, 2.24) is 9.78 Å². The maximum Gasteiger partial charge on any atom is 0.260 e. The number of benzene rings is 2. The van der Waals surface area contributed by atoms with Gasteiger partial charge < -0.3 is 14.8 Å². The fourth-order valence-corrected chi connectivity index (χ4v) is 3.32. The third-order valence-corrected chi connectivity index (χ3v) is 4.66. The van der Waals surface area contributed by atoms with E-state index in [0.717, 1.165) is 5.56 Å². The molecule has 1 N–H and O–H groups in total. The first-order chi connectivity index (χ1) is 14.0. The van der Waals surface area contributed by atoms with E-state index in [0.29, 0.717) is 53.4 Å². The zero-order valence-corrected chi connectivity index (χ0v) is 17.5. The molecule has 0 fully saturated rings. The van der Waals surface area contributed by atoms with Gasteiger partial charge in [0.05, 0.1) is 36.7 Å². The number of rotatable bonds is 8. The van der Waals surface area contributed by atoms with E-state index in [1.165, 1.54) is 0 Å². The lowest BCUT2D eigenvalue weighted by Crippen LogP contribution is -2.14. The summed E-state index contributed by atoms with van der Waals surface area (Å²) >= 11 is 6.51. The second-order valence-corrected chi connectivity index (χ2v) is 6.73. The van der Waals surface area contributed by atoms with Crippen LogP contribution in [0.5, 0.6) is 11.5 Å². The van der Waals surface area contributed by atoms with Crippen LogP contribution in [0.2, 0.25) is 5.15 Å². The summed E-state index contributed by atoms with van der Waals surface area (Å²) in [5, 5.41) is 7.62. The Hall–Kier alpha value is -2.99. The van der Waals surface area contributed by atoms with Gasteiger partial charge in [-0.2, -0.15) is 5.10 Å². The molecule has 6 nitrogen and oxygen atoms in total. The molecule has 0 unspecified atom stereocenters. The Kier molecular flexibility index (Phi) is 6.77. The minimum Gasteiger partial charge on any atom is -0.494 e. The maximum absolute atomic E-state index is 13.0. The molecule has 1 aromatic heterocycles. The summed E-state index contributed by atoms with van der Waals surface area (Å²) in [6.07, 6.45) is 0. The Morgan fingerprint density at radius 3 is 2.52 bits per heavy atom. The summed E-state index contributed by atoms with van der Waals surface area (Å²) in [4.78, 5) is 13.0. The highest BCUT2D eigenvalue weighted by atomic mass is 35.5. The van der Waals surface area contributed by atoms with Crippen molar-refractivity contribution < 1.29 is 14.3 Å². The van der Waals surface area contributed by atoms with E-state index < -0.39 is 0 Å². The standard InChI is InChI=1S/C22H24ClN3O3/c1-4-28-17-11-12-19(29-5-2)18(13-17)24-22(27)20-15(3)25-26(21(20)23)14-16-9-7-6-8-10-16/h6-13H,4-5,14H2,1-3H3,(H,24,27).